The highest BCUT2D eigenvalue weighted by Crippen LogP contribution is 1.90. The van der Waals surface area contributed by atoms with Gasteiger partial charge in [0.25, 0.3) is 0 Å². The van der Waals surface area contributed by atoms with E-state index in [0.29, 0.717) is 0 Å². The monoisotopic (exact) mass is 155 g/mol. The highest BCUT2D eigenvalue weighted by Gasteiger charge is 2.12. The minimum Gasteiger partial charge on any atom is -0.277 e. The predicted octanol–water partition coefficient (Wildman–Crippen LogP) is -1.24. The number of aryl methyl sites for hydroxylation is 1. The molecule has 1 heterocycles. The number of rotatable bonds is 1. The van der Waals surface area contributed by atoms with Crippen molar-refractivity contribution in [2.45, 2.75) is 0 Å². The summed E-state index contributed by atoms with van der Waals surface area (Å²) < 4.78 is 1.44. The summed E-state index contributed by atoms with van der Waals surface area (Å²) in [5.74, 6) is 4.88. The second-order valence-corrected chi connectivity index (χ2v) is 2.16. The van der Waals surface area contributed by atoms with Crippen LogP contribution in [0, 0.1) is 0 Å². The molecule has 0 aliphatic carbocycles. The highest BCUT2D eigenvalue weighted by atomic mass is 16.2. The maximum Gasteiger partial charge on any atom is 0.307 e. The van der Waals surface area contributed by atoms with Gasteiger partial charge in [0, 0.05) is 14.1 Å². The van der Waals surface area contributed by atoms with Gasteiger partial charge >= 0.3 is 5.91 Å². The molecule has 6 nitrogen and oxygen atoms in total. The van der Waals surface area contributed by atoms with Crippen LogP contribution < -0.4 is 5.84 Å². The molecule has 0 aliphatic heterocycles. The first-order valence-corrected chi connectivity index (χ1v) is 2.99. The van der Waals surface area contributed by atoms with Gasteiger partial charge in [0.15, 0.2) is 0 Å². The van der Waals surface area contributed by atoms with E-state index in [1.807, 2.05) is 0 Å². The summed E-state index contributed by atoms with van der Waals surface area (Å²) in [6.07, 6.45) is 1.44. The second kappa shape index (κ2) is 2.67. The van der Waals surface area contributed by atoms with Crippen molar-refractivity contribution in [3.63, 3.8) is 0 Å². The van der Waals surface area contributed by atoms with Crippen molar-refractivity contribution in [2.24, 2.45) is 12.9 Å². The molecule has 0 saturated carbocycles. The number of hydrazine groups is 1. The third-order valence-electron chi connectivity index (χ3n) is 1.11. The second-order valence-electron chi connectivity index (χ2n) is 2.16. The van der Waals surface area contributed by atoms with Crippen LogP contribution in [-0.4, -0.2) is 32.7 Å². The van der Waals surface area contributed by atoms with Crippen LogP contribution in [-0.2, 0) is 7.05 Å². The van der Waals surface area contributed by atoms with Gasteiger partial charge in [-0.05, 0) is 0 Å². The summed E-state index contributed by atoms with van der Waals surface area (Å²) in [6, 6.07) is 0. The Bertz CT molecular complexity index is 266. The van der Waals surface area contributed by atoms with Crippen LogP contribution in [0.15, 0.2) is 6.33 Å². The Morgan fingerprint density at radius 1 is 1.82 bits per heavy atom. The van der Waals surface area contributed by atoms with Crippen LogP contribution >= 0.6 is 0 Å². The maximum atomic E-state index is 11.0. The van der Waals surface area contributed by atoms with Gasteiger partial charge in [-0.2, -0.15) is 0 Å². The Morgan fingerprint density at radius 3 is 2.82 bits per heavy atom. The van der Waals surface area contributed by atoms with E-state index in [4.69, 9.17) is 5.84 Å². The third-order valence-corrected chi connectivity index (χ3v) is 1.11. The van der Waals surface area contributed by atoms with E-state index in [2.05, 4.69) is 10.1 Å². The average Bonchev–Trinajstić information content (AvgIpc) is 2.34. The van der Waals surface area contributed by atoms with Gasteiger partial charge in [0.1, 0.15) is 6.33 Å². The molecule has 6 heteroatoms. The van der Waals surface area contributed by atoms with Crippen LogP contribution in [0.3, 0.4) is 0 Å². The van der Waals surface area contributed by atoms with E-state index in [1.165, 1.54) is 18.1 Å². The lowest BCUT2D eigenvalue weighted by Gasteiger charge is -2.04. The Hall–Kier alpha value is -1.43. The number of aromatic nitrogens is 3. The fraction of sp³-hybridized carbons (Fsp3) is 0.400. The van der Waals surface area contributed by atoms with E-state index in [0.717, 1.165) is 5.01 Å². The first-order valence-electron chi connectivity index (χ1n) is 2.99. The van der Waals surface area contributed by atoms with Crippen LogP contribution in [0.2, 0.25) is 0 Å². The van der Waals surface area contributed by atoms with Crippen LogP contribution in [0.4, 0.5) is 0 Å². The van der Waals surface area contributed by atoms with Gasteiger partial charge in [0.05, 0.1) is 0 Å². The molecule has 60 valence electrons. The number of nitrogens with two attached hydrogens (primary N) is 1. The van der Waals surface area contributed by atoms with Crippen molar-refractivity contribution in [2.75, 3.05) is 7.05 Å². The van der Waals surface area contributed by atoms with E-state index >= 15 is 0 Å². The van der Waals surface area contributed by atoms with Gasteiger partial charge < -0.3 is 0 Å². The zero-order valence-corrected chi connectivity index (χ0v) is 6.35. The van der Waals surface area contributed by atoms with Crippen molar-refractivity contribution in [3.8, 4) is 0 Å². The number of amides is 1. The van der Waals surface area contributed by atoms with Gasteiger partial charge in [-0.25, -0.2) is 10.8 Å². The maximum absolute atomic E-state index is 11.0. The lowest BCUT2D eigenvalue weighted by atomic mass is 10.6. The minimum absolute atomic E-state index is 0.109. The number of carbonyl (C=O) groups is 1. The predicted molar refractivity (Wildman–Crippen MR) is 37.3 cm³/mol. The summed E-state index contributed by atoms with van der Waals surface area (Å²) in [5.41, 5.74) is 0. The molecule has 0 spiro atoms. The average molecular weight is 155 g/mol. The third kappa shape index (κ3) is 1.53. The molecule has 0 fully saturated rings. The number of carbonyl (C=O) groups excluding carboxylic acids is 1. The lowest BCUT2D eigenvalue weighted by molar-refractivity contribution is 0.0783. The summed E-state index contributed by atoms with van der Waals surface area (Å²) in [6.45, 7) is 0. The van der Waals surface area contributed by atoms with Crippen molar-refractivity contribution in [1.82, 2.24) is 19.8 Å². The van der Waals surface area contributed by atoms with Crippen LogP contribution in [0.1, 0.15) is 10.6 Å². The SMILES string of the molecule is CN(N)C(=O)c1ncn(C)n1. The molecule has 1 rings (SSSR count). The molecule has 0 aliphatic rings. The van der Waals surface area contributed by atoms with Gasteiger partial charge in [-0.3, -0.25) is 14.5 Å². The van der Waals surface area contributed by atoms with Crippen LogP contribution in [0.25, 0.3) is 0 Å². The molecule has 0 radical (unpaired) electrons. The highest BCUT2D eigenvalue weighted by molar-refractivity contribution is 5.89. The molecule has 0 atom stereocenters. The quantitative estimate of drug-likeness (QED) is 0.312. The molecule has 0 unspecified atom stereocenters. The summed E-state index contributed by atoms with van der Waals surface area (Å²) in [4.78, 5) is 14.7. The Morgan fingerprint density at radius 2 is 2.45 bits per heavy atom. The standard InChI is InChI=1S/C5H9N5O/c1-9-3-7-4(8-9)5(11)10(2)6/h3H,6H2,1-2H3. The molecular formula is C5H9N5O. The molecule has 0 saturated heterocycles. The van der Waals surface area contributed by atoms with Crippen molar-refractivity contribution in [1.29, 1.82) is 0 Å². The molecule has 1 aromatic heterocycles. The topological polar surface area (TPSA) is 77.0 Å². The smallest absolute Gasteiger partial charge is 0.277 e. The lowest BCUT2D eigenvalue weighted by Crippen LogP contribution is -2.33. The zero-order valence-electron chi connectivity index (χ0n) is 6.35. The molecule has 2 N–H and O–H groups in total. The largest absolute Gasteiger partial charge is 0.307 e. The van der Waals surface area contributed by atoms with Gasteiger partial charge in [0.2, 0.25) is 5.82 Å². The normalized spacial score (nSPS) is 9.73. The van der Waals surface area contributed by atoms with E-state index in [-0.39, 0.29) is 5.82 Å². The number of hydrogen-bond acceptors (Lipinski definition) is 4. The van der Waals surface area contributed by atoms with Crippen LogP contribution in [0.5, 0.6) is 0 Å². The van der Waals surface area contributed by atoms with Crippen molar-refractivity contribution in [3.05, 3.63) is 12.2 Å². The zero-order chi connectivity index (χ0) is 8.43. The summed E-state index contributed by atoms with van der Waals surface area (Å²) in [7, 11) is 3.12. The molecule has 11 heavy (non-hydrogen) atoms. The van der Waals surface area contributed by atoms with Crippen molar-refractivity contribution >= 4 is 5.91 Å². The molecule has 1 amide bonds. The molecule has 0 bridgehead atoms. The summed E-state index contributed by atoms with van der Waals surface area (Å²) in [5, 5.41) is 4.71. The Kier molecular flexibility index (Phi) is 1.86. The molecule has 0 aromatic carbocycles. The van der Waals surface area contributed by atoms with Crippen molar-refractivity contribution < 1.29 is 4.79 Å². The van der Waals surface area contributed by atoms with E-state index in [9.17, 15) is 4.79 Å². The fourth-order valence-electron chi connectivity index (χ4n) is 0.595. The first-order chi connectivity index (χ1) is 5.11. The Labute approximate surface area is 63.6 Å². The molecule has 1 aromatic rings. The minimum atomic E-state index is -0.398. The molecular weight excluding hydrogens is 146 g/mol. The fourth-order valence-corrected chi connectivity index (χ4v) is 0.595. The summed E-state index contributed by atoms with van der Waals surface area (Å²) >= 11 is 0. The van der Waals surface area contributed by atoms with E-state index < -0.39 is 5.91 Å². The number of hydrogen-bond donors (Lipinski definition) is 1. The first kappa shape index (κ1) is 7.67. The van der Waals surface area contributed by atoms with E-state index in [1.54, 1.807) is 7.05 Å². The van der Waals surface area contributed by atoms with Gasteiger partial charge in [-0.15, -0.1) is 5.10 Å². The number of nitrogens with zero attached hydrogens (tertiary/aromatic N) is 4. The Balaban J connectivity index is 2.85. The van der Waals surface area contributed by atoms with Gasteiger partial charge in [-0.1, -0.05) is 0 Å².